The van der Waals surface area contributed by atoms with E-state index in [9.17, 15) is 22.0 Å². The third-order valence-electron chi connectivity index (χ3n) is 2.70. The number of benzene rings is 1. The molecule has 0 unspecified atom stereocenters. The van der Waals surface area contributed by atoms with Gasteiger partial charge in [-0.25, -0.2) is 13.2 Å². The number of piperidine rings is 1. The van der Waals surface area contributed by atoms with Crippen LogP contribution in [0.1, 0.15) is 19.3 Å². The Morgan fingerprint density at radius 3 is 1.61 bits per heavy atom. The summed E-state index contributed by atoms with van der Waals surface area (Å²) in [6.07, 6.45) is 2.43. The predicted octanol–water partition coefficient (Wildman–Crippen LogP) is 3.16. The fourth-order valence-corrected chi connectivity index (χ4v) is 1.75. The second-order valence-corrected chi connectivity index (χ2v) is 3.98. The van der Waals surface area contributed by atoms with Gasteiger partial charge in [0.05, 0.1) is 0 Å². The Labute approximate surface area is 99.9 Å². The van der Waals surface area contributed by atoms with E-state index in [0.717, 1.165) is 19.3 Å². The van der Waals surface area contributed by atoms with E-state index in [1.807, 2.05) is 0 Å². The van der Waals surface area contributed by atoms with E-state index >= 15 is 0 Å². The van der Waals surface area contributed by atoms with Crippen molar-refractivity contribution in [3.63, 3.8) is 0 Å². The van der Waals surface area contributed by atoms with Crippen LogP contribution in [0.2, 0.25) is 0 Å². The summed E-state index contributed by atoms with van der Waals surface area (Å²) in [7, 11) is 0. The van der Waals surface area contributed by atoms with Gasteiger partial charge in [-0.05, 0) is 12.8 Å². The lowest BCUT2D eigenvalue weighted by molar-refractivity contribution is -0.0789. The highest BCUT2D eigenvalue weighted by molar-refractivity contribution is 5.29. The van der Waals surface area contributed by atoms with Crippen molar-refractivity contribution in [3.05, 3.63) is 29.1 Å². The minimum absolute atomic E-state index is 0.388. The Hall–Kier alpha value is -1.37. The summed E-state index contributed by atoms with van der Waals surface area (Å²) in [6, 6.07) is 0. The first-order valence-electron chi connectivity index (χ1n) is 5.46. The zero-order valence-corrected chi connectivity index (χ0v) is 9.28. The van der Waals surface area contributed by atoms with E-state index in [1.54, 1.807) is 0 Å². The van der Waals surface area contributed by atoms with Gasteiger partial charge in [-0.15, -0.1) is 5.06 Å². The van der Waals surface area contributed by atoms with Crippen molar-refractivity contribution < 1.29 is 26.8 Å². The molecule has 1 aliphatic heterocycles. The molecule has 2 nitrogen and oxygen atoms in total. The molecule has 0 amide bonds. The second kappa shape index (κ2) is 5.09. The van der Waals surface area contributed by atoms with Crippen LogP contribution in [-0.2, 0) is 0 Å². The number of nitrogens with zero attached hydrogens (tertiary/aromatic N) is 1. The Morgan fingerprint density at radius 1 is 0.667 bits per heavy atom. The van der Waals surface area contributed by atoms with Crippen LogP contribution in [0.15, 0.2) is 0 Å². The van der Waals surface area contributed by atoms with Gasteiger partial charge in [-0.3, -0.25) is 0 Å². The molecule has 1 aromatic rings. The van der Waals surface area contributed by atoms with Crippen molar-refractivity contribution in [1.82, 2.24) is 5.06 Å². The molecule has 0 radical (unpaired) electrons. The van der Waals surface area contributed by atoms with Crippen molar-refractivity contribution >= 4 is 0 Å². The molecule has 0 bridgehead atoms. The number of hydrogen-bond donors (Lipinski definition) is 0. The molecule has 0 spiro atoms. The highest BCUT2D eigenvalue weighted by atomic mass is 19.2. The van der Waals surface area contributed by atoms with Crippen molar-refractivity contribution in [2.75, 3.05) is 13.1 Å². The molecule has 7 heteroatoms. The van der Waals surface area contributed by atoms with E-state index in [2.05, 4.69) is 0 Å². The van der Waals surface area contributed by atoms with Crippen molar-refractivity contribution in [2.24, 2.45) is 0 Å². The Kier molecular flexibility index (Phi) is 3.70. The lowest BCUT2D eigenvalue weighted by Crippen LogP contribution is -2.33. The van der Waals surface area contributed by atoms with Crippen LogP contribution in [-0.4, -0.2) is 18.2 Å². The fourth-order valence-electron chi connectivity index (χ4n) is 1.75. The minimum Gasteiger partial charge on any atom is -0.399 e. The summed E-state index contributed by atoms with van der Waals surface area (Å²) >= 11 is 0. The van der Waals surface area contributed by atoms with Gasteiger partial charge in [0.25, 0.3) is 0 Å². The topological polar surface area (TPSA) is 12.5 Å². The Morgan fingerprint density at radius 2 is 1.11 bits per heavy atom. The van der Waals surface area contributed by atoms with Gasteiger partial charge in [-0.2, -0.15) is 8.78 Å². The third kappa shape index (κ3) is 2.27. The Bertz CT molecular complexity index is 430. The monoisotopic (exact) mass is 267 g/mol. The average molecular weight is 267 g/mol. The number of hydrogen-bond acceptors (Lipinski definition) is 2. The summed E-state index contributed by atoms with van der Waals surface area (Å²) in [5.74, 6) is -11.3. The van der Waals surface area contributed by atoms with Crippen molar-refractivity contribution in [3.8, 4) is 5.75 Å². The van der Waals surface area contributed by atoms with Gasteiger partial charge in [0.15, 0.2) is 0 Å². The van der Waals surface area contributed by atoms with Crippen LogP contribution in [0.4, 0.5) is 22.0 Å². The normalized spacial score (nSPS) is 16.9. The largest absolute Gasteiger partial charge is 0.399 e. The molecule has 1 saturated heterocycles. The third-order valence-corrected chi connectivity index (χ3v) is 2.70. The van der Waals surface area contributed by atoms with Crippen LogP contribution in [0, 0.1) is 29.1 Å². The summed E-state index contributed by atoms with van der Waals surface area (Å²) in [6.45, 7) is 0.777. The van der Waals surface area contributed by atoms with Crippen molar-refractivity contribution in [2.45, 2.75) is 19.3 Å². The molecule has 1 aliphatic rings. The molecule has 100 valence electrons. The van der Waals surface area contributed by atoms with Gasteiger partial charge in [0, 0.05) is 13.1 Å². The van der Waals surface area contributed by atoms with Crippen LogP contribution in [0.5, 0.6) is 5.75 Å². The number of hydroxylamine groups is 2. The molecule has 1 fully saturated rings. The summed E-state index contributed by atoms with van der Waals surface area (Å²) in [5.41, 5.74) is 0. The molecular formula is C11H10F5NO. The highest BCUT2D eigenvalue weighted by Crippen LogP contribution is 2.30. The first kappa shape index (κ1) is 13.1. The fraction of sp³-hybridized carbons (Fsp3) is 0.455. The second-order valence-electron chi connectivity index (χ2n) is 3.98. The molecule has 0 N–H and O–H groups in total. The highest BCUT2D eigenvalue weighted by Gasteiger charge is 2.28. The molecule has 0 aromatic heterocycles. The standard InChI is InChI=1S/C11H10F5NO/c12-6-7(13)9(15)11(10(16)8(6)14)18-17-4-2-1-3-5-17/h1-5H2. The zero-order chi connectivity index (χ0) is 13.3. The van der Waals surface area contributed by atoms with E-state index in [-0.39, 0.29) is 0 Å². The average Bonchev–Trinajstić information content (AvgIpc) is 2.40. The van der Waals surface area contributed by atoms with Crippen LogP contribution >= 0.6 is 0 Å². The van der Waals surface area contributed by atoms with E-state index in [0.29, 0.717) is 13.1 Å². The number of rotatable bonds is 2. The van der Waals surface area contributed by atoms with Crippen LogP contribution in [0.25, 0.3) is 0 Å². The molecule has 18 heavy (non-hydrogen) atoms. The van der Waals surface area contributed by atoms with E-state index in [4.69, 9.17) is 4.84 Å². The maximum absolute atomic E-state index is 13.3. The van der Waals surface area contributed by atoms with E-state index in [1.165, 1.54) is 5.06 Å². The Balaban J connectivity index is 2.32. The lowest BCUT2D eigenvalue weighted by atomic mass is 10.2. The first-order chi connectivity index (χ1) is 8.52. The summed E-state index contributed by atoms with van der Waals surface area (Å²) in [5, 5.41) is 1.20. The first-order valence-corrected chi connectivity index (χ1v) is 5.46. The molecular weight excluding hydrogens is 257 g/mol. The smallest absolute Gasteiger partial charge is 0.224 e. The van der Waals surface area contributed by atoms with Gasteiger partial charge >= 0.3 is 0 Å². The van der Waals surface area contributed by atoms with Gasteiger partial charge in [0.1, 0.15) is 0 Å². The predicted molar refractivity (Wildman–Crippen MR) is 52.3 cm³/mol. The van der Waals surface area contributed by atoms with E-state index < -0.39 is 34.8 Å². The van der Waals surface area contributed by atoms with Crippen molar-refractivity contribution in [1.29, 1.82) is 0 Å². The van der Waals surface area contributed by atoms with Gasteiger partial charge in [-0.1, -0.05) is 6.42 Å². The lowest BCUT2D eigenvalue weighted by Gasteiger charge is -2.26. The maximum atomic E-state index is 13.3. The number of halogens is 5. The molecule has 2 rings (SSSR count). The SMILES string of the molecule is Fc1c(F)c(F)c(ON2CCCCC2)c(F)c1F. The molecule has 0 saturated carbocycles. The van der Waals surface area contributed by atoms with Crippen LogP contribution in [0.3, 0.4) is 0 Å². The maximum Gasteiger partial charge on any atom is 0.224 e. The molecule has 1 heterocycles. The van der Waals surface area contributed by atoms with Crippen LogP contribution < -0.4 is 4.84 Å². The summed E-state index contributed by atoms with van der Waals surface area (Å²) < 4.78 is 65.1. The quantitative estimate of drug-likeness (QED) is 0.463. The summed E-state index contributed by atoms with van der Waals surface area (Å²) in [4.78, 5) is 4.77. The van der Waals surface area contributed by atoms with Gasteiger partial charge in [0.2, 0.25) is 34.8 Å². The molecule has 1 aromatic carbocycles. The zero-order valence-electron chi connectivity index (χ0n) is 9.28. The minimum atomic E-state index is -2.18. The van der Waals surface area contributed by atoms with Gasteiger partial charge < -0.3 is 4.84 Å². The molecule has 0 atom stereocenters. The molecule has 0 aliphatic carbocycles.